The molecule has 118 valence electrons. The topological polar surface area (TPSA) is 69.6 Å². The minimum atomic E-state index is -3.58. The Morgan fingerprint density at radius 1 is 1.33 bits per heavy atom. The largest absolute Gasteiger partial charge is 0.395 e. The van der Waals surface area contributed by atoms with Gasteiger partial charge >= 0.3 is 0 Å². The van der Waals surface area contributed by atoms with E-state index in [-0.39, 0.29) is 18.7 Å². The van der Waals surface area contributed by atoms with E-state index in [4.69, 9.17) is 0 Å². The summed E-state index contributed by atoms with van der Waals surface area (Å²) < 4.78 is 29.4. The first-order valence-electron chi connectivity index (χ1n) is 7.53. The van der Waals surface area contributed by atoms with Crippen LogP contribution in [0, 0.1) is 0 Å². The fourth-order valence-corrected chi connectivity index (χ4v) is 4.52. The van der Waals surface area contributed by atoms with Gasteiger partial charge in [0.05, 0.1) is 6.61 Å². The Labute approximate surface area is 127 Å². The second-order valence-corrected chi connectivity index (χ2v) is 7.09. The quantitative estimate of drug-likeness (QED) is 0.842. The lowest BCUT2D eigenvalue weighted by molar-refractivity contribution is 0.153. The molecule has 0 amide bonds. The van der Waals surface area contributed by atoms with Crippen molar-refractivity contribution in [3.05, 3.63) is 35.9 Å². The zero-order valence-electron chi connectivity index (χ0n) is 12.4. The van der Waals surface area contributed by atoms with Gasteiger partial charge in [-0.1, -0.05) is 43.7 Å². The van der Waals surface area contributed by atoms with Gasteiger partial charge in [-0.25, -0.2) is 0 Å². The fourth-order valence-electron chi connectivity index (χ4n) is 2.79. The highest BCUT2D eigenvalue weighted by atomic mass is 32.2. The summed E-state index contributed by atoms with van der Waals surface area (Å²) in [5.41, 5.74) is 0.959. The van der Waals surface area contributed by atoms with Crippen LogP contribution in [-0.2, 0) is 10.2 Å². The summed E-state index contributed by atoms with van der Waals surface area (Å²) in [6.45, 7) is 2.31. The van der Waals surface area contributed by atoms with Crippen molar-refractivity contribution in [2.75, 3.05) is 13.2 Å². The number of rotatable bonds is 6. The van der Waals surface area contributed by atoms with E-state index in [9.17, 15) is 13.5 Å². The zero-order valence-corrected chi connectivity index (χ0v) is 13.2. The Morgan fingerprint density at radius 3 is 2.67 bits per heavy atom. The van der Waals surface area contributed by atoms with Crippen molar-refractivity contribution in [2.24, 2.45) is 0 Å². The van der Waals surface area contributed by atoms with Crippen molar-refractivity contribution in [2.45, 2.75) is 44.7 Å². The van der Waals surface area contributed by atoms with Crippen LogP contribution >= 0.6 is 0 Å². The van der Waals surface area contributed by atoms with Gasteiger partial charge in [-0.2, -0.15) is 17.4 Å². The highest BCUT2D eigenvalue weighted by Crippen LogP contribution is 2.23. The monoisotopic (exact) mass is 312 g/mol. The molecule has 2 N–H and O–H groups in total. The van der Waals surface area contributed by atoms with Crippen molar-refractivity contribution in [1.29, 1.82) is 0 Å². The van der Waals surface area contributed by atoms with Gasteiger partial charge in [-0.15, -0.1) is 0 Å². The van der Waals surface area contributed by atoms with Crippen LogP contribution in [0.5, 0.6) is 0 Å². The van der Waals surface area contributed by atoms with Gasteiger partial charge in [0.1, 0.15) is 0 Å². The van der Waals surface area contributed by atoms with Crippen LogP contribution in [0.2, 0.25) is 0 Å². The minimum Gasteiger partial charge on any atom is -0.395 e. The first-order chi connectivity index (χ1) is 10.1. The molecule has 1 heterocycles. The molecule has 1 saturated heterocycles. The summed E-state index contributed by atoms with van der Waals surface area (Å²) in [5.74, 6) is 0. The van der Waals surface area contributed by atoms with Gasteiger partial charge in [0.2, 0.25) is 0 Å². The first kappa shape index (κ1) is 16.4. The maximum atomic E-state index is 12.6. The summed E-state index contributed by atoms with van der Waals surface area (Å²) in [6.07, 6.45) is 3.22. The molecule has 2 unspecified atom stereocenters. The Bertz CT molecular complexity index is 533. The van der Waals surface area contributed by atoms with Crippen LogP contribution < -0.4 is 4.72 Å². The van der Waals surface area contributed by atoms with Crippen LogP contribution in [-0.4, -0.2) is 37.0 Å². The number of hydrogen-bond acceptors (Lipinski definition) is 3. The molecule has 0 aliphatic carbocycles. The number of nitrogens with one attached hydrogen (secondary N) is 1. The Balaban J connectivity index is 2.15. The zero-order chi connectivity index (χ0) is 15.3. The van der Waals surface area contributed by atoms with E-state index in [0.717, 1.165) is 24.8 Å². The van der Waals surface area contributed by atoms with Crippen LogP contribution in [0.3, 0.4) is 0 Å². The number of hydrogen-bond donors (Lipinski definition) is 2. The smallest absolute Gasteiger partial charge is 0.280 e. The molecule has 1 aromatic rings. The van der Waals surface area contributed by atoms with Crippen molar-refractivity contribution in [3.8, 4) is 0 Å². The Kier molecular flexibility index (Phi) is 5.75. The molecule has 1 aromatic carbocycles. The normalized spacial score (nSPS) is 22.1. The van der Waals surface area contributed by atoms with E-state index in [0.29, 0.717) is 13.0 Å². The average Bonchev–Trinajstić information content (AvgIpc) is 2.53. The number of aliphatic hydroxyl groups excluding tert-OH is 1. The lowest BCUT2D eigenvalue weighted by atomic mass is 10.1. The number of nitrogens with zero attached hydrogens (tertiary/aromatic N) is 1. The van der Waals surface area contributed by atoms with Crippen LogP contribution in [0.25, 0.3) is 0 Å². The molecule has 0 spiro atoms. The van der Waals surface area contributed by atoms with Gasteiger partial charge in [0, 0.05) is 18.6 Å². The average molecular weight is 312 g/mol. The van der Waals surface area contributed by atoms with E-state index in [1.54, 1.807) is 0 Å². The predicted molar refractivity (Wildman–Crippen MR) is 83.0 cm³/mol. The molecule has 0 radical (unpaired) electrons. The van der Waals surface area contributed by atoms with Gasteiger partial charge in [-0.05, 0) is 24.8 Å². The lowest BCUT2D eigenvalue weighted by Crippen LogP contribution is -2.51. The molecule has 0 saturated carbocycles. The number of benzene rings is 1. The van der Waals surface area contributed by atoms with Gasteiger partial charge < -0.3 is 5.11 Å². The van der Waals surface area contributed by atoms with Gasteiger partial charge in [0.25, 0.3) is 10.2 Å². The van der Waals surface area contributed by atoms with Crippen LogP contribution in [0.1, 0.15) is 44.2 Å². The molecule has 21 heavy (non-hydrogen) atoms. The molecule has 1 fully saturated rings. The third kappa shape index (κ3) is 4.03. The SMILES string of the molecule is CCC(NS(=O)(=O)N1CCCCC1CO)c1ccccc1. The molecule has 0 aromatic heterocycles. The lowest BCUT2D eigenvalue weighted by Gasteiger charge is -2.34. The van der Waals surface area contributed by atoms with E-state index in [1.165, 1.54) is 4.31 Å². The molecule has 5 nitrogen and oxygen atoms in total. The first-order valence-corrected chi connectivity index (χ1v) is 8.97. The van der Waals surface area contributed by atoms with Crippen molar-refractivity contribution in [3.63, 3.8) is 0 Å². The van der Waals surface area contributed by atoms with Crippen LogP contribution in [0.15, 0.2) is 30.3 Å². The molecule has 2 rings (SSSR count). The van der Waals surface area contributed by atoms with Crippen molar-refractivity contribution in [1.82, 2.24) is 9.03 Å². The Morgan fingerprint density at radius 2 is 2.05 bits per heavy atom. The van der Waals surface area contributed by atoms with E-state index in [2.05, 4.69) is 4.72 Å². The van der Waals surface area contributed by atoms with Crippen molar-refractivity contribution >= 4 is 10.2 Å². The highest BCUT2D eigenvalue weighted by Gasteiger charge is 2.33. The predicted octanol–water partition coefficient (Wildman–Crippen LogP) is 1.82. The fraction of sp³-hybridized carbons (Fsp3) is 0.600. The second kappa shape index (κ2) is 7.35. The second-order valence-electron chi connectivity index (χ2n) is 5.44. The molecule has 1 aliphatic heterocycles. The third-order valence-electron chi connectivity index (χ3n) is 3.99. The van der Waals surface area contributed by atoms with Crippen LogP contribution in [0.4, 0.5) is 0 Å². The highest BCUT2D eigenvalue weighted by molar-refractivity contribution is 7.87. The molecule has 2 atom stereocenters. The number of aliphatic hydroxyl groups is 1. The number of piperidine rings is 1. The van der Waals surface area contributed by atoms with Gasteiger partial charge in [0.15, 0.2) is 0 Å². The standard InChI is InChI=1S/C15H24N2O3S/c1-2-15(13-8-4-3-5-9-13)16-21(19,20)17-11-7-6-10-14(17)12-18/h3-5,8-9,14-16,18H,2,6-7,10-12H2,1H3. The molecular formula is C15H24N2O3S. The van der Waals surface area contributed by atoms with Gasteiger partial charge in [-0.3, -0.25) is 0 Å². The van der Waals surface area contributed by atoms with Crippen molar-refractivity contribution < 1.29 is 13.5 Å². The maximum Gasteiger partial charge on any atom is 0.280 e. The molecule has 1 aliphatic rings. The van der Waals surface area contributed by atoms with E-state index in [1.807, 2.05) is 37.3 Å². The molecule has 0 bridgehead atoms. The summed E-state index contributed by atoms with van der Waals surface area (Å²) in [5, 5.41) is 9.40. The van der Waals surface area contributed by atoms with E-state index < -0.39 is 10.2 Å². The summed E-state index contributed by atoms with van der Waals surface area (Å²) >= 11 is 0. The Hall–Kier alpha value is -0.950. The summed E-state index contributed by atoms with van der Waals surface area (Å²) in [4.78, 5) is 0. The summed E-state index contributed by atoms with van der Waals surface area (Å²) in [7, 11) is -3.58. The van der Waals surface area contributed by atoms with E-state index >= 15 is 0 Å². The minimum absolute atomic E-state index is 0.122. The third-order valence-corrected chi connectivity index (χ3v) is 5.67. The summed E-state index contributed by atoms with van der Waals surface area (Å²) in [6, 6.07) is 9.04. The maximum absolute atomic E-state index is 12.6. The molecule has 6 heteroatoms. The molecular weight excluding hydrogens is 288 g/mol.